The van der Waals surface area contributed by atoms with Crippen molar-refractivity contribution in [3.63, 3.8) is 0 Å². The fraction of sp³-hybridized carbons (Fsp3) is 1.00. The summed E-state index contributed by atoms with van der Waals surface area (Å²) < 4.78 is 13.0. The van der Waals surface area contributed by atoms with Gasteiger partial charge >= 0.3 is 0 Å². The second kappa shape index (κ2) is 10.1. The quantitative estimate of drug-likeness (QED) is 0.423. The molecule has 0 N–H and O–H groups in total. The minimum atomic E-state index is -1.49. The molecule has 2 nitrogen and oxygen atoms in total. The summed E-state index contributed by atoms with van der Waals surface area (Å²) in [5.41, 5.74) is 0. The van der Waals surface area contributed by atoms with Gasteiger partial charge in [0.1, 0.15) is 0 Å². The van der Waals surface area contributed by atoms with Crippen molar-refractivity contribution in [2.45, 2.75) is 97.3 Å². The lowest BCUT2D eigenvalue weighted by molar-refractivity contribution is 0.109. The van der Waals surface area contributed by atoms with Crippen molar-refractivity contribution in [2.75, 3.05) is 6.61 Å². The lowest BCUT2D eigenvalue weighted by Gasteiger charge is -2.35. The minimum absolute atomic E-state index is 0.318. The van der Waals surface area contributed by atoms with Crippen molar-refractivity contribution in [3.05, 3.63) is 0 Å². The second-order valence-electron chi connectivity index (χ2n) is 5.95. The molecule has 0 rings (SSSR count). The molecule has 20 heavy (non-hydrogen) atoms. The first-order valence-electron chi connectivity index (χ1n) is 8.82. The van der Waals surface area contributed by atoms with Gasteiger partial charge in [-0.25, -0.2) is 0 Å². The van der Waals surface area contributed by atoms with Gasteiger partial charge in [0.05, 0.1) is 12.7 Å². The highest BCUT2D eigenvalue weighted by Crippen LogP contribution is 2.26. The van der Waals surface area contributed by atoms with E-state index in [9.17, 15) is 0 Å². The molecule has 4 heteroatoms. The van der Waals surface area contributed by atoms with E-state index in [1.165, 1.54) is 36.3 Å². The average molecular weight is 319 g/mol. The highest BCUT2D eigenvalue weighted by Gasteiger charge is 2.34. The van der Waals surface area contributed by atoms with Crippen LogP contribution in [0, 0.1) is 0 Å². The average Bonchev–Trinajstić information content (AvgIpc) is 2.52. The SMILES string of the molecule is CCC(CO[Si](CC)(CC)CC)O[Si](CC)(CC)CC. The third-order valence-electron chi connectivity index (χ3n) is 5.31. The van der Waals surface area contributed by atoms with Crippen molar-refractivity contribution in [1.29, 1.82) is 0 Å². The largest absolute Gasteiger partial charge is 0.414 e. The van der Waals surface area contributed by atoms with Gasteiger partial charge in [0.25, 0.3) is 0 Å². The molecule has 0 spiro atoms. The van der Waals surface area contributed by atoms with Gasteiger partial charge in [-0.1, -0.05) is 48.5 Å². The highest BCUT2D eigenvalue weighted by atomic mass is 28.4. The van der Waals surface area contributed by atoms with Crippen LogP contribution in [0.25, 0.3) is 0 Å². The Labute approximate surface area is 129 Å². The van der Waals surface area contributed by atoms with Crippen molar-refractivity contribution < 1.29 is 8.85 Å². The van der Waals surface area contributed by atoms with Gasteiger partial charge < -0.3 is 8.85 Å². The molecule has 0 aliphatic carbocycles. The first-order chi connectivity index (χ1) is 9.50. The summed E-state index contributed by atoms with van der Waals surface area (Å²) in [5.74, 6) is 0. The second-order valence-corrected chi connectivity index (χ2v) is 15.4. The van der Waals surface area contributed by atoms with E-state index in [-0.39, 0.29) is 0 Å². The van der Waals surface area contributed by atoms with Crippen molar-refractivity contribution in [3.8, 4) is 0 Å². The first kappa shape index (κ1) is 20.4. The molecular weight excluding hydrogens is 280 g/mol. The zero-order valence-corrected chi connectivity index (χ0v) is 17.1. The molecule has 0 aromatic carbocycles. The Balaban J connectivity index is 4.62. The molecule has 122 valence electrons. The van der Waals surface area contributed by atoms with Crippen LogP contribution in [-0.4, -0.2) is 29.3 Å². The molecule has 0 bridgehead atoms. The molecule has 0 amide bonds. The van der Waals surface area contributed by atoms with E-state index >= 15 is 0 Å². The first-order valence-corrected chi connectivity index (χ1v) is 13.9. The van der Waals surface area contributed by atoms with Crippen LogP contribution in [0.1, 0.15) is 54.9 Å². The molecule has 1 atom stereocenters. The van der Waals surface area contributed by atoms with Crippen LogP contribution in [0.3, 0.4) is 0 Å². The summed E-state index contributed by atoms with van der Waals surface area (Å²) in [5, 5.41) is 0. The maximum atomic E-state index is 6.60. The lowest BCUT2D eigenvalue weighted by atomic mass is 10.3. The summed E-state index contributed by atoms with van der Waals surface area (Å²) in [6, 6.07) is 7.38. The van der Waals surface area contributed by atoms with Gasteiger partial charge in [-0.2, -0.15) is 0 Å². The van der Waals surface area contributed by atoms with E-state index < -0.39 is 16.6 Å². The van der Waals surface area contributed by atoms with E-state index in [2.05, 4.69) is 48.5 Å². The smallest absolute Gasteiger partial charge is 0.192 e. The molecule has 0 aromatic rings. The van der Waals surface area contributed by atoms with Gasteiger partial charge in [-0.3, -0.25) is 0 Å². The third kappa shape index (κ3) is 5.62. The van der Waals surface area contributed by atoms with Crippen LogP contribution in [-0.2, 0) is 8.85 Å². The van der Waals surface area contributed by atoms with E-state index in [1.807, 2.05) is 0 Å². The molecular formula is C16H38O2Si2. The molecule has 0 fully saturated rings. The maximum Gasteiger partial charge on any atom is 0.192 e. The van der Waals surface area contributed by atoms with E-state index in [4.69, 9.17) is 8.85 Å². The fourth-order valence-electron chi connectivity index (χ4n) is 2.91. The van der Waals surface area contributed by atoms with Crippen LogP contribution < -0.4 is 0 Å². The van der Waals surface area contributed by atoms with Gasteiger partial charge in [0.2, 0.25) is 0 Å². The summed E-state index contributed by atoms with van der Waals surface area (Å²) in [6.07, 6.45) is 1.40. The minimum Gasteiger partial charge on any atom is -0.414 e. The normalized spacial score (nSPS) is 14.6. The Hall–Kier alpha value is 0.354. The molecule has 0 saturated carbocycles. The van der Waals surface area contributed by atoms with Crippen LogP contribution in [0.2, 0.25) is 36.3 Å². The summed E-state index contributed by atoms with van der Waals surface area (Å²) in [6.45, 7) is 16.9. The maximum absolute atomic E-state index is 6.60. The van der Waals surface area contributed by atoms with Crippen molar-refractivity contribution >= 4 is 16.6 Å². The number of rotatable bonds is 12. The molecule has 0 saturated heterocycles. The Morgan fingerprint density at radius 1 is 0.650 bits per heavy atom. The molecule has 1 unspecified atom stereocenters. The van der Waals surface area contributed by atoms with Gasteiger partial charge in [0.15, 0.2) is 16.6 Å². The molecule has 0 radical (unpaired) electrons. The molecule has 0 aromatic heterocycles. The highest BCUT2D eigenvalue weighted by molar-refractivity contribution is 6.74. The predicted octanol–water partition coefficient (Wildman–Crippen LogP) is 5.81. The number of hydrogen-bond acceptors (Lipinski definition) is 2. The van der Waals surface area contributed by atoms with Crippen LogP contribution in [0.5, 0.6) is 0 Å². The Morgan fingerprint density at radius 2 is 1.05 bits per heavy atom. The summed E-state index contributed by atoms with van der Waals surface area (Å²) in [7, 11) is -2.96. The monoisotopic (exact) mass is 318 g/mol. The fourth-order valence-corrected chi connectivity index (χ4v) is 8.51. The van der Waals surface area contributed by atoms with Gasteiger partial charge in [0, 0.05) is 0 Å². The molecule has 0 aliphatic heterocycles. The van der Waals surface area contributed by atoms with E-state index in [0.717, 1.165) is 13.0 Å². The summed E-state index contributed by atoms with van der Waals surface area (Å²) >= 11 is 0. The van der Waals surface area contributed by atoms with E-state index in [1.54, 1.807) is 0 Å². The van der Waals surface area contributed by atoms with Crippen LogP contribution in [0.4, 0.5) is 0 Å². The Kier molecular flexibility index (Phi) is 10.3. The standard InChI is InChI=1S/C16H38O2Si2/c1-8-16(18-20(12-5,13-6)14-7)15-17-19(9-2,10-3)11-4/h16H,8-15H2,1-7H3. The van der Waals surface area contributed by atoms with E-state index in [0.29, 0.717) is 6.10 Å². The Bertz CT molecular complexity index is 222. The summed E-state index contributed by atoms with van der Waals surface area (Å²) in [4.78, 5) is 0. The van der Waals surface area contributed by atoms with Crippen LogP contribution >= 0.6 is 0 Å². The lowest BCUT2D eigenvalue weighted by Crippen LogP contribution is -2.44. The van der Waals surface area contributed by atoms with Crippen LogP contribution in [0.15, 0.2) is 0 Å². The predicted molar refractivity (Wildman–Crippen MR) is 95.5 cm³/mol. The van der Waals surface area contributed by atoms with Crippen molar-refractivity contribution in [1.82, 2.24) is 0 Å². The third-order valence-corrected chi connectivity index (χ3v) is 14.7. The number of hydrogen-bond donors (Lipinski definition) is 0. The van der Waals surface area contributed by atoms with Gasteiger partial charge in [-0.05, 0) is 42.7 Å². The molecule has 0 aliphatic rings. The topological polar surface area (TPSA) is 18.5 Å². The van der Waals surface area contributed by atoms with Gasteiger partial charge in [-0.15, -0.1) is 0 Å². The zero-order chi connectivity index (χ0) is 15.6. The zero-order valence-electron chi connectivity index (χ0n) is 15.1. The van der Waals surface area contributed by atoms with Crippen molar-refractivity contribution in [2.24, 2.45) is 0 Å². The molecule has 0 heterocycles. The Morgan fingerprint density at radius 3 is 1.35 bits per heavy atom.